The first-order valence-electron chi connectivity index (χ1n) is 7.30. The Morgan fingerprint density at radius 2 is 1.94 bits per heavy atom. The molecule has 0 aliphatic rings. The summed E-state index contributed by atoms with van der Waals surface area (Å²) in [6, 6.07) is 0.646. The van der Waals surface area contributed by atoms with Crippen molar-refractivity contribution < 1.29 is 0 Å². The number of rotatable bonds is 8. The molecule has 18 heavy (non-hydrogen) atoms. The van der Waals surface area contributed by atoms with Gasteiger partial charge in [-0.3, -0.25) is 4.68 Å². The van der Waals surface area contributed by atoms with Crippen molar-refractivity contribution >= 4 is 0 Å². The molecule has 1 atom stereocenters. The quantitative estimate of drug-likeness (QED) is 0.718. The molecule has 0 fully saturated rings. The van der Waals surface area contributed by atoms with Gasteiger partial charge in [0.2, 0.25) is 0 Å². The van der Waals surface area contributed by atoms with Crippen molar-refractivity contribution in [3.05, 3.63) is 17.0 Å². The zero-order chi connectivity index (χ0) is 13.5. The molecular weight excluding hydrogens is 222 g/mol. The third kappa shape index (κ3) is 4.45. The molecule has 1 N–H and O–H groups in total. The molecule has 1 heterocycles. The second kappa shape index (κ2) is 7.57. The largest absolute Gasteiger partial charge is 0.314 e. The van der Waals surface area contributed by atoms with Gasteiger partial charge in [-0.25, -0.2) is 0 Å². The monoisotopic (exact) mass is 251 g/mol. The van der Waals surface area contributed by atoms with Gasteiger partial charge in [-0.1, -0.05) is 13.3 Å². The normalized spacial score (nSPS) is 12.9. The fourth-order valence-corrected chi connectivity index (χ4v) is 2.21. The van der Waals surface area contributed by atoms with E-state index in [2.05, 4.69) is 49.7 Å². The van der Waals surface area contributed by atoms with Crippen LogP contribution < -0.4 is 5.32 Å². The molecule has 0 amide bonds. The van der Waals surface area contributed by atoms with Gasteiger partial charge in [0.05, 0.1) is 5.69 Å². The molecular formula is C15H29N3. The van der Waals surface area contributed by atoms with Crippen molar-refractivity contribution in [1.82, 2.24) is 15.1 Å². The zero-order valence-corrected chi connectivity index (χ0v) is 12.7. The fourth-order valence-electron chi connectivity index (χ4n) is 2.21. The van der Waals surface area contributed by atoms with E-state index in [0.29, 0.717) is 6.04 Å². The molecule has 1 aromatic heterocycles. The minimum Gasteiger partial charge on any atom is -0.314 e. The van der Waals surface area contributed by atoms with Gasteiger partial charge in [0.15, 0.2) is 0 Å². The third-order valence-corrected chi connectivity index (χ3v) is 3.74. The standard InChI is InChI=1S/C15H29N3/c1-6-10-16-12(2)9-7-8-11-18-15(5)13(3)14(4)17-18/h12,16H,6-11H2,1-5H3. The fraction of sp³-hybridized carbons (Fsp3) is 0.800. The predicted octanol–water partition coefficient (Wildman–Crippen LogP) is 3.37. The Morgan fingerprint density at radius 1 is 1.22 bits per heavy atom. The molecule has 3 heteroatoms. The third-order valence-electron chi connectivity index (χ3n) is 3.74. The molecule has 1 aromatic rings. The van der Waals surface area contributed by atoms with Crippen LogP contribution in [0, 0.1) is 20.8 Å². The lowest BCUT2D eigenvalue weighted by Gasteiger charge is -2.12. The summed E-state index contributed by atoms with van der Waals surface area (Å²) in [5.41, 5.74) is 3.84. The Balaban J connectivity index is 2.23. The predicted molar refractivity (Wildman–Crippen MR) is 78.0 cm³/mol. The van der Waals surface area contributed by atoms with Crippen LogP contribution in [0.5, 0.6) is 0 Å². The van der Waals surface area contributed by atoms with Crippen molar-refractivity contribution in [3.63, 3.8) is 0 Å². The molecule has 0 spiro atoms. The highest BCUT2D eigenvalue weighted by molar-refractivity contribution is 5.21. The Morgan fingerprint density at radius 3 is 2.50 bits per heavy atom. The van der Waals surface area contributed by atoms with Crippen LogP contribution >= 0.6 is 0 Å². The van der Waals surface area contributed by atoms with Crippen molar-refractivity contribution in [2.24, 2.45) is 0 Å². The maximum Gasteiger partial charge on any atom is 0.0625 e. The lowest BCUT2D eigenvalue weighted by molar-refractivity contribution is 0.463. The molecule has 0 aliphatic carbocycles. The molecule has 0 aromatic carbocycles. The second-order valence-corrected chi connectivity index (χ2v) is 5.37. The van der Waals surface area contributed by atoms with E-state index in [0.717, 1.165) is 13.1 Å². The van der Waals surface area contributed by atoms with Gasteiger partial charge in [0, 0.05) is 18.3 Å². The lowest BCUT2D eigenvalue weighted by Crippen LogP contribution is -2.26. The van der Waals surface area contributed by atoms with Crippen LogP contribution in [-0.4, -0.2) is 22.4 Å². The van der Waals surface area contributed by atoms with E-state index in [4.69, 9.17) is 0 Å². The number of aromatic nitrogens is 2. The summed E-state index contributed by atoms with van der Waals surface area (Å²) in [6.45, 7) is 13.1. The Labute approximate surface area is 112 Å². The number of nitrogens with zero attached hydrogens (tertiary/aromatic N) is 2. The molecule has 1 unspecified atom stereocenters. The summed E-state index contributed by atoms with van der Waals surface area (Å²) >= 11 is 0. The van der Waals surface area contributed by atoms with E-state index in [1.165, 1.54) is 42.6 Å². The van der Waals surface area contributed by atoms with E-state index < -0.39 is 0 Å². The summed E-state index contributed by atoms with van der Waals surface area (Å²) in [5, 5.41) is 8.11. The van der Waals surface area contributed by atoms with Crippen LogP contribution in [0.25, 0.3) is 0 Å². The topological polar surface area (TPSA) is 29.9 Å². The van der Waals surface area contributed by atoms with E-state index in [-0.39, 0.29) is 0 Å². The lowest BCUT2D eigenvalue weighted by atomic mass is 10.1. The molecule has 0 saturated carbocycles. The maximum atomic E-state index is 4.58. The van der Waals surface area contributed by atoms with E-state index in [9.17, 15) is 0 Å². The molecule has 3 nitrogen and oxygen atoms in total. The molecule has 0 radical (unpaired) electrons. The molecule has 104 valence electrons. The average Bonchev–Trinajstić information content (AvgIpc) is 2.60. The highest BCUT2D eigenvalue weighted by Crippen LogP contribution is 2.12. The van der Waals surface area contributed by atoms with Crippen LogP contribution in [0.4, 0.5) is 0 Å². The van der Waals surface area contributed by atoms with Gasteiger partial charge in [0.1, 0.15) is 0 Å². The van der Waals surface area contributed by atoms with E-state index >= 15 is 0 Å². The highest BCUT2D eigenvalue weighted by Gasteiger charge is 2.06. The summed E-state index contributed by atoms with van der Waals surface area (Å²) < 4.78 is 2.16. The summed E-state index contributed by atoms with van der Waals surface area (Å²) in [7, 11) is 0. The molecule has 0 aliphatic heterocycles. The number of hydrogen-bond donors (Lipinski definition) is 1. The first-order valence-corrected chi connectivity index (χ1v) is 7.30. The zero-order valence-electron chi connectivity index (χ0n) is 12.7. The number of hydrogen-bond acceptors (Lipinski definition) is 2. The van der Waals surface area contributed by atoms with E-state index in [1.54, 1.807) is 0 Å². The van der Waals surface area contributed by atoms with Crippen LogP contribution in [0.15, 0.2) is 0 Å². The van der Waals surface area contributed by atoms with Crippen molar-refractivity contribution in [3.8, 4) is 0 Å². The molecule has 0 bridgehead atoms. The highest BCUT2D eigenvalue weighted by atomic mass is 15.3. The first kappa shape index (κ1) is 15.2. The SMILES string of the molecule is CCCNC(C)CCCCn1nc(C)c(C)c1C. The van der Waals surface area contributed by atoms with Crippen molar-refractivity contribution in [2.45, 2.75) is 72.9 Å². The smallest absolute Gasteiger partial charge is 0.0625 e. The number of nitrogens with one attached hydrogen (secondary N) is 1. The van der Waals surface area contributed by atoms with Gasteiger partial charge in [-0.2, -0.15) is 5.10 Å². The maximum absolute atomic E-state index is 4.58. The Hall–Kier alpha value is -0.830. The second-order valence-electron chi connectivity index (χ2n) is 5.37. The van der Waals surface area contributed by atoms with E-state index in [1.807, 2.05) is 0 Å². The first-order chi connectivity index (χ1) is 8.56. The number of unbranched alkanes of at least 4 members (excludes halogenated alkanes) is 1. The minimum atomic E-state index is 0.646. The minimum absolute atomic E-state index is 0.646. The summed E-state index contributed by atoms with van der Waals surface area (Å²) in [5.74, 6) is 0. The van der Waals surface area contributed by atoms with Gasteiger partial charge >= 0.3 is 0 Å². The molecule has 1 rings (SSSR count). The summed E-state index contributed by atoms with van der Waals surface area (Å²) in [4.78, 5) is 0. The van der Waals surface area contributed by atoms with Gasteiger partial charge < -0.3 is 5.32 Å². The van der Waals surface area contributed by atoms with Crippen LogP contribution in [0.2, 0.25) is 0 Å². The Kier molecular flexibility index (Phi) is 6.41. The number of aryl methyl sites for hydroxylation is 2. The van der Waals surface area contributed by atoms with Crippen LogP contribution in [0.3, 0.4) is 0 Å². The van der Waals surface area contributed by atoms with Gasteiger partial charge in [-0.15, -0.1) is 0 Å². The van der Waals surface area contributed by atoms with Crippen LogP contribution in [-0.2, 0) is 6.54 Å². The van der Waals surface area contributed by atoms with Crippen molar-refractivity contribution in [1.29, 1.82) is 0 Å². The van der Waals surface area contributed by atoms with Crippen LogP contribution in [0.1, 0.15) is 56.5 Å². The molecule has 0 saturated heterocycles. The van der Waals surface area contributed by atoms with Gasteiger partial charge in [0.25, 0.3) is 0 Å². The van der Waals surface area contributed by atoms with Gasteiger partial charge in [-0.05, 0) is 59.1 Å². The van der Waals surface area contributed by atoms with Crippen molar-refractivity contribution in [2.75, 3.05) is 6.54 Å². The Bertz CT molecular complexity index is 355. The summed E-state index contributed by atoms with van der Waals surface area (Å²) in [6.07, 6.45) is 4.97. The average molecular weight is 251 g/mol.